The second-order valence-electron chi connectivity index (χ2n) is 5.85. The van der Waals surface area contributed by atoms with Crippen LogP contribution in [0.15, 0.2) is 0 Å². The van der Waals surface area contributed by atoms with Gasteiger partial charge in [-0.3, -0.25) is 0 Å². The fourth-order valence-electron chi connectivity index (χ4n) is 2.33. The van der Waals surface area contributed by atoms with E-state index in [-0.39, 0.29) is 24.3 Å². The van der Waals surface area contributed by atoms with E-state index in [0.29, 0.717) is 12.5 Å². The Balaban J connectivity index is 4.73. The summed E-state index contributed by atoms with van der Waals surface area (Å²) in [4.78, 5) is 0. The van der Waals surface area contributed by atoms with Crippen molar-refractivity contribution in [1.82, 2.24) is 0 Å². The monoisotopic (exact) mass is 285 g/mol. The normalized spacial score (nSPS) is 16.4. The van der Waals surface area contributed by atoms with Crippen LogP contribution >= 0.6 is 0 Å². The maximum absolute atomic E-state index is 6.09. The molecule has 0 aromatic carbocycles. The summed E-state index contributed by atoms with van der Waals surface area (Å²) < 4.78 is 17.9. The first kappa shape index (κ1) is 19.9. The van der Waals surface area contributed by atoms with Crippen molar-refractivity contribution in [3.63, 3.8) is 0 Å². The molecule has 0 aromatic rings. The fraction of sp³-hybridized carbons (Fsp3) is 1.00. The van der Waals surface area contributed by atoms with Crippen LogP contribution in [0, 0.1) is 5.92 Å². The van der Waals surface area contributed by atoms with E-state index in [4.69, 9.17) is 14.2 Å². The first-order valence-electron chi connectivity index (χ1n) is 8.14. The van der Waals surface area contributed by atoms with E-state index in [1.165, 1.54) is 0 Å². The number of ether oxygens (including phenoxy) is 3. The van der Waals surface area contributed by atoms with Gasteiger partial charge in [0.05, 0.1) is 24.9 Å². The Morgan fingerprint density at radius 1 is 0.950 bits per heavy atom. The SMILES string of the molecule is C[B]C(OCCC)[C@H](CC)[C@@H](COC(C)C)OC(C)C. The summed E-state index contributed by atoms with van der Waals surface area (Å²) in [6.45, 7) is 16.1. The molecular weight excluding hydrogens is 251 g/mol. The predicted octanol–water partition coefficient (Wildman–Crippen LogP) is 3.74. The van der Waals surface area contributed by atoms with Crippen LogP contribution < -0.4 is 0 Å². The molecule has 0 aromatic heterocycles. The molecule has 3 atom stereocenters. The van der Waals surface area contributed by atoms with Gasteiger partial charge in [-0.15, -0.1) is 0 Å². The van der Waals surface area contributed by atoms with Gasteiger partial charge in [-0.05, 0) is 40.5 Å². The molecule has 0 rings (SSSR count). The maximum Gasteiger partial charge on any atom is 0.146 e. The number of rotatable bonds is 12. The molecule has 0 aliphatic heterocycles. The number of hydrogen-bond donors (Lipinski definition) is 0. The molecule has 3 nitrogen and oxygen atoms in total. The molecule has 0 fully saturated rings. The van der Waals surface area contributed by atoms with Crippen molar-refractivity contribution in [1.29, 1.82) is 0 Å². The summed E-state index contributed by atoms with van der Waals surface area (Å²) in [7, 11) is 2.15. The van der Waals surface area contributed by atoms with Crippen LogP contribution in [0.5, 0.6) is 0 Å². The lowest BCUT2D eigenvalue weighted by atomic mass is 9.66. The van der Waals surface area contributed by atoms with E-state index >= 15 is 0 Å². The van der Waals surface area contributed by atoms with Crippen LogP contribution in [0.25, 0.3) is 0 Å². The molecule has 0 bridgehead atoms. The Kier molecular flexibility index (Phi) is 11.6. The minimum Gasteiger partial charge on any atom is -0.387 e. The summed E-state index contributed by atoms with van der Waals surface area (Å²) >= 11 is 0. The van der Waals surface area contributed by atoms with Crippen LogP contribution in [0.3, 0.4) is 0 Å². The smallest absolute Gasteiger partial charge is 0.146 e. The van der Waals surface area contributed by atoms with E-state index in [1.807, 2.05) is 0 Å². The summed E-state index contributed by atoms with van der Waals surface area (Å²) in [6.07, 6.45) is 2.58. The van der Waals surface area contributed by atoms with Crippen LogP contribution in [0.4, 0.5) is 0 Å². The predicted molar refractivity (Wildman–Crippen MR) is 86.5 cm³/mol. The third kappa shape index (κ3) is 8.28. The Labute approximate surface area is 127 Å². The Bertz CT molecular complexity index is 222. The second-order valence-corrected chi connectivity index (χ2v) is 5.85. The lowest BCUT2D eigenvalue weighted by Gasteiger charge is -2.34. The third-order valence-electron chi connectivity index (χ3n) is 3.25. The zero-order valence-corrected chi connectivity index (χ0v) is 14.5. The highest BCUT2D eigenvalue weighted by atomic mass is 16.5. The molecule has 0 saturated carbocycles. The van der Waals surface area contributed by atoms with Gasteiger partial charge in [-0.25, -0.2) is 0 Å². The average molecular weight is 285 g/mol. The Hall–Kier alpha value is -0.0551. The second kappa shape index (κ2) is 11.6. The summed E-state index contributed by atoms with van der Waals surface area (Å²) in [6, 6.07) is 0.138. The van der Waals surface area contributed by atoms with Gasteiger partial charge in [0, 0.05) is 18.5 Å². The van der Waals surface area contributed by atoms with Crippen molar-refractivity contribution < 1.29 is 14.2 Å². The largest absolute Gasteiger partial charge is 0.387 e. The lowest BCUT2D eigenvalue weighted by Crippen LogP contribution is -2.42. The molecular formula is C16H34BO3. The topological polar surface area (TPSA) is 27.7 Å². The summed E-state index contributed by atoms with van der Waals surface area (Å²) in [5.74, 6) is 0.340. The van der Waals surface area contributed by atoms with Crippen molar-refractivity contribution in [3.8, 4) is 0 Å². The van der Waals surface area contributed by atoms with Crippen molar-refractivity contribution >= 4 is 7.28 Å². The minimum atomic E-state index is 0.0838. The van der Waals surface area contributed by atoms with Crippen molar-refractivity contribution in [2.24, 2.45) is 5.92 Å². The lowest BCUT2D eigenvalue weighted by molar-refractivity contribution is -0.105. The maximum atomic E-state index is 6.09. The van der Waals surface area contributed by atoms with Crippen LogP contribution in [0.1, 0.15) is 54.4 Å². The van der Waals surface area contributed by atoms with E-state index in [2.05, 4.69) is 55.6 Å². The van der Waals surface area contributed by atoms with Gasteiger partial charge < -0.3 is 14.2 Å². The molecule has 0 heterocycles. The Morgan fingerprint density at radius 2 is 1.60 bits per heavy atom. The molecule has 0 aliphatic rings. The molecule has 119 valence electrons. The van der Waals surface area contributed by atoms with Gasteiger partial charge in [0.2, 0.25) is 0 Å². The summed E-state index contributed by atoms with van der Waals surface area (Å²) in [5, 5.41) is 0. The average Bonchev–Trinajstić information content (AvgIpc) is 2.39. The van der Waals surface area contributed by atoms with Gasteiger partial charge >= 0.3 is 0 Å². The Morgan fingerprint density at radius 3 is 2.00 bits per heavy atom. The van der Waals surface area contributed by atoms with E-state index in [0.717, 1.165) is 19.4 Å². The molecule has 0 N–H and O–H groups in total. The van der Waals surface area contributed by atoms with Crippen molar-refractivity contribution in [3.05, 3.63) is 0 Å². The first-order valence-corrected chi connectivity index (χ1v) is 8.14. The fourth-order valence-corrected chi connectivity index (χ4v) is 2.33. The molecule has 0 aliphatic carbocycles. The van der Waals surface area contributed by atoms with Gasteiger partial charge in [0.25, 0.3) is 0 Å². The van der Waals surface area contributed by atoms with Crippen molar-refractivity contribution in [2.45, 2.75) is 85.5 Å². The minimum absolute atomic E-state index is 0.0838. The quantitative estimate of drug-likeness (QED) is 0.511. The van der Waals surface area contributed by atoms with E-state index in [9.17, 15) is 0 Å². The van der Waals surface area contributed by atoms with Gasteiger partial charge in [0.15, 0.2) is 0 Å². The first-order chi connectivity index (χ1) is 9.46. The molecule has 0 spiro atoms. The van der Waals surface area contributed by atoms with Gasteiger partial charge in [-0.1, -0.05) is 20.7 Å². The van der Waals surface area contributed by atoms with Crippen LogP contribution in [-0.4, -0.2) is 44.8 Å². The third-order valence-corrected chi connectivity index (χ3v) is 3.25. The molecule has 1 unspecified atom stereocenters. The molecule has 1 radical (unpaired) electrons. The molecule has 20 heavy (non-hydrogen) atoms. The van der Waals surface area contributed by atoms with Gasteiger partial charge in [0.1, 0.15) is 7.28 Å². The summed E-state index contributed by atoms with van der Waals surface area (Å²) in [5.41, 5.74) is 0. The van der Waals surface area contributed by atoms with E-state index in [1.54, 1.807) is 0 Å². The van der Waals surface area contributed by atoms with Crippen LogP contribution in [-0.2, 0) is 14.2 Å². The van der Waals surface area contributed by atoms with Crippen LogP contribution in [0.2, 0.25) is 6.82 Å². The highest BCUT2D eigenvalue weighted by Gasteiger charge is 2.29. The van der Waals surface area contributed by atoms with E-state index < -0.39 is 0 Å². The molecule has 0 amide bonds. The highest BCUT2D eigenvalue weighted by Crippen LogP contribution is 2.21. The standard InChI is InChI=1S/C16H34BO3/c1-8-10-18-16(17-7)14(9-2)15(20-13(5)6)11-19-12(3)4/h12-16H,8-11H2,1-7H3/t14-,15-,16?/m1/s1. The van der Waals surface area contributed by atoms with Crippen molar-refractivity contribution in [2.75, 3.05) is 13.2 Å². The van der Waals surface area contributed by atoms with Gasteiger partial charge in [-0.2, -0.15) is 0 Å². The zero-order valence-electron chi connectivity index (χ0n) is 14.5. The highest BCUT2D eigenvalue weighted by molar-refractivity contribution is 6.35. The number of hydrogen-bond acceptors (Lipinski definition) is 3. The molecule has 4 heteroatoms. The zero-order chi connectivity index (χ0) is 15.5. The molecule has 0 saturated heterocycles.